The van der Waals surface area contributed by atoms with Crippen molar-refractivity contribution in [1.82, 2.24) is 10.6 Å². The summed E-state index contributed by atoms with van der Waals surface area (Å²) < 4.78 is 0. The Morgan fingerprint density at radius 2 is 1.90 bits per heavy atom. The first-order valence-electron chi connectivity index (χ1n) is 11.7. The molecule has 6 heteroatoms. The van der Waals surface area contributed by atoms with Crippen LogP contribution in [0.1, 0.15) is 52.0 Å². The molecule has 0 radical (unpaired) electrons. The summed E-state index contributed by atoms with van der Waals surface area (Å²) in [7, 11) is 0. The van der Waals surface area contributed by atoms with Gasteiger partial charge in [-0.25, -0.2) is 0 Å². The fourth-order valence-electron chi connectivity index (χ4n) is 4.62. The molecule has 5 atom stereocenters. The molecule has 1 aromatic carbocycles. The minimum Gasteiger partial charge on any atom is -0.354 e. The SMILES string of the molecule is CSCC[C@H](N)C(=O)N[C@H](CNC(=O)[C@@H]1C[C@H](C)CC[C@H]1C(C)C)Cc1ccccc1. The number of hydrogen-bond acceptors (Lipinski definition) is 4. The number of benzene rings is 1. The second kappa shape index (κ2) is 13.1. The van der Waals surface area contributed by atoms with Gasteiger partial charge in [-0.05, 0) is 61.0 Å². The molecular weight excluding hydrogens is 406 g/mol. The maximum Gasteiger partial charge on any atom is 0.237 e. The molecule has 0 heterocycles. The number of carbonyl (C=O) groups excluding carboxylic acids is 2. The summed E-state index contributed by atoms with van der Waals surface area (Å²) in [4.78, 5) is 25.7. The molecule has 0 saturated heterocycles. The number of nitrogens with one attached hydrogen (secondary N) is 2. The molecule has 31 heavy (non-hydrogen) atoms. The molecule has 0 aliphatic heterocycles. The zero-order valence-electron chi connectivity index (χ0n) is 19.6. The molecule has 5 nitrogen and oxygen atoms in total. The van der Waals surface area contributed by atoms with Crippen LogP contribution in [0.5, 0.6) is 0 Å². The van der Waals surface area contributed by atoms with Crippen LogP contribution in [0.4, 0.5) is 0 Å². The van der Waals surface area contributed by atoms with Crippen LogP contribution in [0, 0.1) is 23.7 Å². The maximum atomic E-state index is 13.1. The van der Waals surface area contributed by atoms with Gasteiger partial charge in [-0.2, -0.15) is 11.8 Å². The van der Waals surface area contributed by atoms with E-state index in [0.29, 0.717) is 37.1 Å². The molecule has 1 aromatic rings. The normalized spacial score (nSPS) is 23.2. The molecule has 0 spiro atoms. The first kappa shape index (κ1) is 25.7. The molecule has 0 unspecified atom stereocenters. The Bertz CT molecular complexity index is 683. The van der Waals surface area contributed by atoms with E-state index in [0.717, 1.165) is 24.2 Å². The molecule has 2 rings (SSSR count). The lowest BCUT2D eigenvalue weighted by Crippen LogP contribution is -2.51. The van der Waals surface area contributed by atoms with Gasteiger partial charge in [0.25, 0.3) is 0 Å². The van der Waals surface area contributed by atoms with Gasteiger partial charge in [-0.1, -0.05) is 57.5 Å². The topological polar surface area (TPSA) is 84.2 Å². The Kier molecular flexibility index (Phi) is 10.9. The van der Waals surface area contributed by atoms with Gasteiger partial charge < -0.3 is 16.4 Å². The van der Waals surface area contributed by atoms with Gasteiger partial charge in [-0.3, -0.25) is 9.59 Å². The lowest BCUT2D eigenvalue weighted by molar-refractivity contribution is -0.130. The lowest BCUT2D eigenvalue weighted by atomic mass is 9.70. The summed E-state index contributed by atoms with van der Waals surface area (Å²) in [5, 5.41) is 6.25. The highest BCUT2D eigenvalue weighted by Gasteiger charge is 2.35. The first-order chi connectivity index (χ1) is 14.8. The van der Waals surface area contributed by atoms with Crippen LogP contribution >= 0.6 is 11.8 Å². The monoisotopic (exact) mass is 447 g/mol. The molecule has 0 aromatic heterocycles. The van der Waals surface area contributed by atoms with Crippen molar-refractivity contribution in [1.29, 1.82) is 0 Å². The smallest absolute Gasteiger partial charge is 0.237 e. The van der Waals surface area contributed by atoms with Crippen LogP contribution in [0.15, 0.2) is 30.3 Å². The summed E-state index contributed by atoms with van der Waals surface area (Å²) >= 11 is 1.68. The number of rotatable bonds is 11. The molecular formula is C25H41N3O2S. The summed E-state index contributed by atoms with van der Waals surface area (Å²) in [6.45, 7) is 7.10. The highest BCUT2D eigenvalue weighted by Crippen LogP contribution is 2.38. The molecule has 1 aliphatic rings. The highest BCUT2D eigenvalue weighted by atomic mass is 32.2. The Labute approximate surface area is 192 Å². The van der Waals surface area contributed by atoms with Gasteiger partial charge in [0.15, 0.2) is 0 Å². The zero-order valence-corrected chi connectivity index (χ0v) is 20.4. The Morgan fingerprint density at radius 3 is 2.55 bits per heavy atom. The van der Waals surface area contributed by atoms with Gasteiger partial charge in [0.2, 0.25) is 11.8 Å². The van der Waals surface area contributed by atoms with Crippen molar-refractivity contribution >= 4 is 23.6 Å². The van der Waals surface area contributed by atoms with E-state index in [2.05, 4.69) is 31.4 Å². The summed E-state index contributed by atoms with van der Waals surface area (Å²) in [5.74, 6) is 2.40. The van der Waals surface area contributed by atoms with Crippen molar-refractivity contribution < 1.29 is 9.59 Å². The number of thioether (sulfide) groups is 1. The average molecular weight is 448 g/mol. The molecule has 0 bridgehead atoms. The van der Waals surface area contributed by atoms with Gasteiger partial charge in [-0.15, -0.1) is 0 Å². The van der Waals surface area contributed by atoms with Crippen molar-refractivity contribution in [3.05, 3.63) is 35.9 Å². The van der Waals surface area contributed by atoms with Crippen LogP contribution in [0.2, 0.25) is 0 Å². The molecule has 4 N–H and O–H groups in total. The van der Waals surface area contributed by atoms with E-state index in [9.17, 15) is 9.59 Å². The predicted molar refractivity (Wildman–Crippen MR) is 131 cm³/mol. The third-order valence-electron chi connectivity index (χ3n) is 6.52. The van der Waals surface area contributed by atoms with Crippen LogP contribution in [0.3, 0.4) is 0 Å². The number of amides is 2. The number of nitrogens with two attached hydrogens (primary N) is 1. The Hall–Kier alpha value is -1.53. The van der Waals surface area contributed by atoms with Crippen LogP contribution in [-0.4, -0.2) is 42.5 Å². The van der Waals surface area contributed by atoms with E-state index in [1.165, 1.54) is 6.42 Å². The first-order valence-corrected chi connectivity index (χ1v) is 13.1. The van der Waals surface area contributed by atoms with E-state index in [1.807, 2.05) is 36.6 Å². The van der Waals surface area contributed by atoms with Crippen molar-refractivity contribution in [3.63, 3.8) is 0 Å². The Morgan fingerprint density at radius 1 is 1.19 bits per heavy atom. The van der Waals surface area contributed by atoms with Crippen molar-refractivity contribution in [2.24, 2.45) is 29.4 Å². The van der Waals surface area contributed by atoms with Crippen molar-refractivity contribution in [2.45, 2.75) is 65.0 Å². The van der Waals surface area contributed by atoms with Gasteiger partial charge in [0.05, 0.1) is 12.1 Å². The standard InChI is InChI=1S/C25H41N3O2S/c1-17(2)21-11-10-18(3)14-22(21)24(29)27-16-20(15-19-8-6-5-7-9-19)28-25(30)23(26)12-13-31-4/h5-9,17-18,20-23H,10-16,26H2,1-4H3,(H,27,29)(H,28,30)/t18-,20+,21+,22-,23+/m1/s1. The fraction of sp³-hybridized carbons (Fsp3) is 0.680. The Balaban J connectivity index is 2.02. The fourth-order valence-corrected chi connectivity index (χ4v) is 5.11. The average Bonchev–Trinajstić information content (AvgIpc) is 2.75. The van der Waals surface area contributed by atoms with Gasteiger partial charge >= 0.3 is 0 Å². The number of hydrogen-bond donors (Lipinski definition) is 3. The molecule has 1 fully saturated rings. The minimum atomic E-state index is -0.522. The maximum absolute atomic E-state index is 13.1. The zero-order chi connectivity index (χ0) is 22.8. The third kappa shape index (κ3) is 8.49. The lowest BCUT2D eigenvalue weighted by Gasteiger charge is -2.36. The van der Waals surface area contributed by atoms with E-state index in [-0.39, 0.29) is 23.8 Å². The summed E-state index contributed by atoms with van der Waals surface area (Å²) in [6.07, 6.45) is 6.59. The molecule has 174 valence electrons. The highest BCUT2D eigenvalue weighted by molar-refractivity contribution is 7.98. The van der Waals surface area contributed by atoms with E-state index >= 15 is 0 Å². The van der Waals surface area contributed by atoms with Crippen LogP contribution in [-0.2, 0) is 16.0 Å². The largest absolute Gasteiger partial charge is 0.354 e. The van der Waals surface area contributed by atoms with E-state index in [1.54, 1.807) is 11.8 Å². The molecule has 1 saturated carbocycles. The number of carbonyl (C=O) groups is 2. The third-order valence-corrected chi connectivity index (χ3v) is 7.17. The van der Waals surface area contributed by atoms with Crippen molar-refractivity contribution in [3.8, 4) is 0 Å². The van der Waals surface area contributed by atoms with Gasteiger partial charge in [0.1, 0.15) is 0 Å². The quantitative estimate of drug-likeness (QED) is 0.484. The minimum absolute atomic E-state index is 0.0562. The van der Waals surface area contributed by atoms with Crippen molar-refractivity contribution in [2.75, 3.05) is 18.6 Å². The molecule has 2 amide bonds. The summed E-state index contributed by atoms with van der Waals surface area (Å²) in [5.41, 5.74) is 7.20. The van der Waals surface area contributed by atoms with E-state index in [4.69, 9.17) is 5.73 Å². The summed E-state index contributed by atoms with van der Waals surface area (Å²) in [6, 6.07) is 9.36. The second-order valence-corrected chi connectivity index (χ2v) is 10.4. The molecule has 1 aliphatic carbocycles. The predicted octanol–water partition coefficient (Wildman–Crippen LogP) is 3.62. The van der Waals surface area contributed by atoms with Crippen LogP contribution < -0.4 is 16.4 Å². The van der Waals surface area contributed by atoms with Crippen LogP contribution in [0.25, 0.3) is 0 Å². The second-order valence-electron chi connectivity index (χ2n) is 9.46. The van der Waals surface area contributed by atoms with E-state index < -0.39 is 6.04 Å². The van der Waals surface area contributed by atoms with Gasteiger partial charge in [0, 0.05) is 12.5 Å².